The number of methoxy groups -OCH3 is 1. The highest BCUT2D eigenvalue weighted by Crippen LogP contribution is 2.24. The molecule has 0 unspecified atom stereocenters. The Morgan fingerprint density at radius 2 is 1.95 bits per heavy atom. The molecule has 0 spiro atoms. The molecule has 2 aromatic rings. The van der Waals surface area contributed by atoms with E-state index in [4.69, 9.17) is 4.74 Å². The van der Waals surface area contributed by atoms with Crippen molar-refractivity contribution in [3.8, 4) is 5.75 Å². The second-order valence-corrected chi connectivity index (χ2v) is 4.19. The highest BCUT2D eigenvalue weighted by molar-refractivity contribution is 5.84. The van der Waals surface area contributed by atoms with Gasteiger partial charge in [0.05, 0.1) is 13.3 Å². The number of nitrogens with zero attached hydrogens (tertiary/aromatic N) is 5. The average Bonchev–Trinajstić information content (AvgIpc) is 3.00. The van der Waals surface area contributed by atoms with E-state index in [0.717, 1.165) is 30.1 Å². The molecule has 106 valence electrons. The summed E-state index contributed by atoms with van der Waals surface area (Å²) >= 11 is 0. The fourth-order valence-corrected chi connectivity index (χ4v) is 1.98. The molecule has 1 heterocycles. The van der Waals surface area contributed by atoms with Crippen LogP contribution in [0.25, 0.3) is 0 Å². The quantitative estimate of drug-likeness (QED) is 0.756. The normalized spacial score (nSPS) is 10.9. The van der Waals surface area contributed by atoms with Crippen LogP contribution in [0.3, 0.4) is 0 Å². The van der Waals surface area contributed by atoms with Gasteiger partial charge in [0.1, 0.15) is 18.4 Å². The summed E-state index contributed by atoms with van der Waals surface area (Å²) < 4.78 is 6.98. The van der Waals surface area contributed by atoms with Crippen molar-refractivity contribution in [1.29, 1.82) is 0 Å². The minimum atomic E-state index is 0.797. The molecule has 1 aromatic carbocycles. The molecule has 0 aliphatic rings. The Bertz CT molecular complexity index is 561. The first kappa shape index (κ1) is 14.0. The molecule has 20 heavy (non-hydrogen) atoms. The largest absolute Gasteiger partial charge is 0.496 e. The first-order valence-corrected chi connectivity index (χ1v) is 6.60. The monoisotopic (exact) mass is 273 g/mol. The summed E-state index contributed by atoms with van der Waals surface area (Å²) in [6.45, 7) is 6.20. The Kier molecular flexibility index (Phi) is 4.70. The van der Waals surface area contributed by atoms with E-state index in [9.17, 15) is 0 Å². The maximum atomic E-state index is 5.44. The summed E-state index contributed by atoms with van der Waals surface area (Å²) in [7, 11) is 1.66. The van der Waals surface area contributed by atoms with Crippen molar-refractivity contribution in [2.45, 2.75) is 13.8 Å². The number of hydrogen-bond donors (Lipinski definition) is 0. The summed E-state index contributed by atoms with van der Waals surface area (Å²) in [5, 5.41) is 11.6. The van der Waals surface area contributed by atoms with Crippen LogP contribution in [0.1, 0.15) is 19.4 Å². The van der Waals surface area contributed by atoms with E-state index in [0.29, 0.717) is 0 Å². The average molecular weight is 273 g/mol. The second-order valence-electron chi connectivity index (χ2n) is 4.19. The molecule has 0 atom stereocenters. The van der Waals surface area contributed by atoms with Crippen molar-refractivity contribution < 1.29 is 4.74 Å². The predicted octanol–water partition coefficient (Wildman–Crippen LogP) is 2.02. The van der Waals surface area contributed by atoms with Gasteiger partial charge < -0.3 is 9.64 Å². The Hall–Kier alpha value is -2.37. The van der Waals surface area contributed by atoms with E-state index in [2.05, 4.69) is 40.1 Å². The first-order valence-electron chi connectivity index (χ1n) is 6.60. The highest BCUT2D eigenvalue weighted by atomic mass is 16.5. The van der Waals surface area contributed by atoms with E-state index >= 15 is 0 Å². The number of rotatable bonds is 6. The summed E-state index contributed by atoms with van der Waals surface area (Å²) in [5.74, 6) is 0.797. The minimum Gasteiger partial charge on any atom is -0.496 e. The van der Waals surface area contributed by atoms with Crippen molar-refractivity contribution in [2.75, 3.05) is 25.1 Å². The zero-order valence-electron chi connectivity index (χ0n) is 12.0. The van der Waals surface area contributed by atoms with Gasteiger partial charge in [-0.25, -0.2) is 4.68 Å². The molecule has 0 bridgehead atoms. The van der Waals surface area contributed by atoms with E-state index < -0.39 is 0 Å². The Labute approximate surface area is 118 Å². The summed E-state index contributed by atoms with van der Waals surface area (Å²) in [6, 6.07) is 6.10. The smallest absolute Gasteiger partial charge is 0.141 e. The SMILES string of the molecule is CCN(CC)c1ccc(C=Nn2cnnc2)c(OC)c1. The van der Waals surface area contributed by atoms with Gasteiger partial charge in [0.15, 0.2) is 0 Å². The van der Waals surface area contributed by atoms with Gasteiger partial charge in [-0.1, -0.05) is 0 Å². The Morgan fingerprint density at radius 1 is 1.25 bits per heavy atom. The van der Waals surface area contributed by atoms with Crippen LogP contribution in [0.15, 0.2) is 36.0 Å². The molecule has 1 aromatic heterocycles. The number of anilines is 1. The van der Waals surface area contributed by atoms with Crippen molar-refractivity contribution in [3.05, 3.63) is 36.4 Å². The number of hydrogen-bond acceptors (Lipinski definition) is 5. The molecule has 6 nitrogen and oxygen atoms in total. The molecule has 0 aliphatic carbocycles. The number of aromatic nitrogens is 3. The third-order valence-electron chi connectivity index (χ3n) is 3.08. The molecule has 0 saturated heterocycles. The van der Waals surface area contributed by atoms with Crippen LogP contribution in [-0.2, 0) is 0 Å². The number of benzene rings is 1. The van der Waals surface area contributed by atoms with Gasteiger partial charge in [-0.05, 0) is 26.0 Å². The Balaban J connectivity index is 2.26. The molecule has 0 fully saturated rings. The molecule has 0 radical (unpaired) electrons. The minimum absolute atomic E-state index is 0.797. The van der Waals surface area contributed by atoms with E-state index in [1.807, 2.05) is 12.1 Å². The third-order valence-corrected chi connectivity index (χ3v) is 3.08. The topological polar surface area (TPSA) is 55.5 Å². The van der Waals surface area contributed by atoms with Crippen LogP contribution in [0.2, 0.25) is 0 Å². The maximum Gasteiger partial charge on any atom is 0.141 e. The standard InChI is InChI=1S/C14H19N5O/c1-4-18(5-2)13-7-6-12(14(8-13)20-3)9-17-19-10-15-16-11-19/h6-11H,4-5H2,1-3H3. The summed E-state index contributed by atoms with van der Waals surface area (Å²) in [6.07, 6.45) is 4.80. The third kappa shape index (κ3) is 3.14. The lowest BCUT2D eigenvalue weighted by Crippen LogP contribution is -2.21. The van der Waals surface area contributed by atoms with Gasteiger partial charge in [0.2, 0.25) is 0 Å². The van der Waals surface area contributed by atoms with Crippen LogP contribution >= 0.6 is 0 Å². The lowest BCUT2D eigenvalue weighted by Gasteiger charge is -2.21. The van der Waals surface area contributed by atoms with Crippen molar-refractivity contribution in [2.24, 2.45) is 5.10 Å². The highest BCUT2D eigenvalue weighted by Gasteiger charge is 2.06. The zero-order valence-corrected chi connectivity index (χ0v) is 12.0. The van der Waals surface area contributed by atoms with Crippen molar-refractivity contribution in [3.63, 3.8) is 0 Å². The molecule has 2 rings (SSSR count). The van der Waals surface area contributed by atoms with Crippen LogP contribution in [-0.4, -0.2) is 41.3 Å². The van der Waals surface area contributed by atoms with Crippen LogP contribution in [0, 0.1) is 0 Å². The molecule has 0 amide bonds. The number of ether oxygens (including phenoxy) is 1. The van der Waals surface area contributed by atoms with Crippen molar-refractivity contribution in [1.82, 2.24) is 14.9 Å². The fourth-order valence-electron chi connectivity index (χ4n) is 1.98. The van der Waals surface area contributed by atoms with Crippen LogP contribution in [0.4, 0.5) is 5.69 Å². The van der Waals surface area contributed by atoms with Gasteiger partial charge in [-0.2, -0.15) is 5.10 Å². The lowest BCUT2D eigenvalue weighted by atomic mass is 10.2. The molecule has 0 aliphatic heterocycles. The maximum absolute atomic E-state index is 5.44. The molecular weight excluding hydrogens is 254 g/mol. The van der Waals surface area contributed by atoms with Crippen molar-refractivity contribution >= 4 is 11.9 Å². The Morgan fingerprint density at radius 3 is 2.55 bits per heavy atom. The molecular formula is C14H19N5O. The summed E-state index contributed by atoms with van der Waals surface area (Å²) in [4.78, 5) is 2.27. The summed E-state index contributed by atoms with van der Waals surface area (Å²) in [5.41, 5.74) is 2.06. The lowest BCUT2D eigenvalue weighted by molar-refractivity contribution is 0.414. The van der Waals surface area contributed by atoms with Gasteiger partial charge in [-0.3, -0.25) is 0 Å². The van der Waals surface area contributed by atoms with Crippen LogP contribution < -0.4 is 9.64 Å². The van der Waals surface area contributed by atoms with Gasteiger partial charge >= 0.3 is 0 Å². The van der Waals surface area contributed by atoms with E-state index in [1.165, 1.54) is 17.3 Å². The second kappa shape index (κ2) is 6.70. The van der Waals surface area contributed by atoms with Gasteiger partial charge in [-0.15, -0.1) is 10.2 Å². The zero-order chi connectivity index (χ0) is 14.4. The fraction of sp³-hybridized carbons (Fsp3) is 0.357. The van der Waals surface area contributed by atoms with Gasteiger partial charge in [0.25, 0.3) is 0 Å². The molecule has 0 N–H and O–H groups in total. The predicted molar refractivity (Wildman–Crippen MR) is 79.6 cm³/mol. The first-order chi connectivity index (χ1) is 9.78. The van der Waals surface area contributed by atoms with E-state index in [1.54, 1.807) is 13.3 Å². The molecule has 6 heteroatoms. The van der Waals surface area contributed by atoms with Gasteiger partial charge in [0, 0.05) is 30.4 Å². The van der Waals surface area contributed by atoms with E-state index in [-0.39, 0.29) is 0 Å². The molecule has 0 saturated carbocycles. The van der Waals surface area contributed by atoms with Crippen LogP contribution in [0.5, 0.6) is 5.75 Å².